The molecule has 5 heteroatoms. The number of piperidine rings is 1. The van der Waals surface area contributed by atoms with Gasteiger partial charge in [0.15, 0.2) is 0 Å². The maximum Gasteiger partial charge on any atom is 0.122 e. The number of aliphatic hydroxyl groups is 1. The summed E-state index contributed by atoms with van der Waals surface area (Å²) in [5, 5.41) is 17.8. The van der Waals surface area contributed by atoms with Gasteiger partial charge in [0.05, 0.1) is 6.10 Å². The molecule has 2 unspecified atom stereocenters. The standard InChI is InChI=1S/C14H20ClN3O/c1-9-7-18(5-4-13(9)19)8-11-3-2-10(14(16)17)6-12(11)15/h2-3,6,9,13,19H,4-5,7-8H2,1H3,(H3,16,17). The second-order valence-electron chi connectivity index (χ2n) is 5.29. The molecule has 2 rings (SSSR count). The average Bonchev–Trinajstić information content (AvgIpc) is 2.36. The second kappa shape index (κ2) is 5.90. The van der Waals surface area contributed by atoms with Gasteiger partial charge in [-0.15, -0.1) is 0 Å². The summed E-state index contributed by atoms with van der Waals surface area (Å²) in [6, 6.07) is 5.49. The Morgan fingerprint density at radius 3 is 2.89 bits per heavy atom. The van der Waals surface area contributed by atoms with Crippen LogP contribution < -0.4 is 5.73 Å². The largest absolute Gasteiger partial charge is 0.393 e. The first-order chi connectivity index (χ1) is 8.97. The van der Waals surface area contributed by atoms with Crippen molar-refractivity contribution in [1.82, 2.24) is 4.90 Å². The molecule has 1 aromatic carbocycles. The van der Waals surface area contributed by atoms with Gasteiger partial charge in [-0.1, -0.05) is 30.7 Å². The predicted octanol–water partition coefficient (Wildman–Crippen LogP) is 1.83. The molecule has 0 spiro atoms. The van der Waals surface area contributed by atoms with Gasteiger partial charge >= 0.3 is 0 Å². The highest BCUT2D eigenvalue weighted by atomic mass is 35.5. The quantitative estimate of drug-likeness (QED) is 0.584. The lowest BCUT2D eigenvalue weighted by molar-refractivity contribution is 0.0320. The number of nitrogens with two attached hydrogens (primary N) is 1. The molecule has 0 bridgehead atoms. The van der Waals surface area contributed by atoms with E-state index in [-0.39, 0.29) is 11.9 Å². The van der Waals surface area contributed by atoms with Gasteiger partial charge in [0.2, 0.25) is 0 Å². The molecule has 0 radical (unpaired) electrons. The molecule has 1 aliphatic heterocycles. The smallest absolute Gasteiger partial charge is 0.122 e. The maximum absolute atomic E-state index is 9.72. The van der Waals surface area contributed by atoms with Crippen LogP contribution in [-0.2, 0) is 6.54 Å². The molecule has 0 aromatic heterocycles. The number of hydrogen-bond acceptors (Lipinski definition) is 3. The molecule has 0 aliphatic carbocycles. The van der Waals surface area contributed by atoms with Crippen LogP contribution in [-0.4, -0.2) is 35.0 Å². The Kier molecular flexibility index (Phi) is 4.45. The van der Waals surface area contributed by atoms with Gasteiger partial charge in [0.1, 0.15) is 5.84 Å². The van der Waals surface area contributed by atoms with Gasteiger partial charge in [0, 0.05) is 30.2 Å². The molecule has 1 saturated heterocycles. The van der Waals surface area contributed by atoms with Crippen molar-refractivity contribution >= 4 is 17.4 Å². The van der Waals surface area contributed by atoms with E-state index in [0.717, 1.165) is 31.6 Å². The van der Waals surface area contributed by atoms with Crippen LogP contribution in [0.15, 0.2) is 18.2 Å². The van der Waals surface area contributed by atoms with Crippen LogP contribution in [0, 0.1) is 11.3 Å². The van der Waals surface area contributed by atoms with E-state index in [1.165, 1.54) is 0 Å². The number of likely N-dealkylation sites (tertiary alicyclic amines) is 1. The van der Waals surface area contributed by atoms with Gasteiger partial charge in [-0.05, 0) is 24.0 Å². The van der Waals surface area contributed by atoms with Crippen molar-refractivity contribution in [2.45, 2.75) is 26.0 Å². The Labute approximate surface area is 118 Å². The van der Waals surface area contributed by atoms with E-state index in [1.807, 2.05) is 12.1 Å². The molecule has 19 heavy (non-hydrogen) atoms. The minimum atomic E-state index is -0.188. The highest BCUT2D eigenvalue weighted by Gasteiger charge is 2.24. The molecule has 0 saturated carbocycles. The lowest BCUT2D eigenvalue weighted by Crippen LogP contribution is -2.41. The summed E-state index contributed by atoms with van der Waals surface area (Å²) >= 11 is 6.23. The SMILES string of the molecule is CC1CN(Cc2ccc(C(=N)N)cc2Cl)CCC1O. The van der Waals surface area contributed by atoms with Crippen molar-refractivity contribution < 1.29 is 5.11 Å². The lowest BCUT2D eigenvalue weighted by Gasteiger charge is -2.34. The number of nitrogens with zero attached hydrogens (tertiary/aromatic N) is 1. The molecule has 2 atom stereocenters. The highest BCUT2D eigenvalue weighted by molar-refractivity contribution is 6.31. The van der Waals surface area contributed by atoms with Crippen molar-refractivity contribution in [3.05, 3.63) is 34.3 Å². The van der Waals surface area contributed by atoms with Crippen LogP contribution in [0.25, 0.3) is 0 Å². The van der Waals surface area contributed by atoms with E-state index in [0.29, 0.717) is 16.5 Å². The topological polar surface area (TPSA) is 73.3 Å². The Bertz CT molecular complexity index is 478. The molecule has 104 valence electrons. The molecule has 4 nitrogen and oxygen atoms in total. The first-order valence-electron chi connectivity index (χ1n) is 6.50. The van der Waals surface area contributed by atoms with Gasteiger partial charge < -0.3 is 10.8 Å². The molecule has 1 fully saturated rings. The summed E-state index contributed by atoms with van der Waals surface area (Å²) in [5.41, 5.74) is 7.12. The number of aliphatic hydroxyl groups excluding tert-OH is 1. The lowest BCUT2D eigenvalue weighted by atomic mass is 9.96. The summed E-state index contributed by atoms with van der Waals surface area (Å²) < 4.78 is 0. The first kappa shape index (κ1) is 14.3. The van der Waals surface area contributed by atoms with Crippen molar-refractivity contribution in [2.24, 2.45) is 11.7 Å². The van der Waals surface area contributed by atoms with Crippen LogP contribution in [0.5, 0.6) is 0 Å². The minimum absolute atomic E-state index is 0.0307. The van der Waals surface area contributed by atoms with E-state index in [2.05, 4.69) is 11.8 Å². The second-order valence-corrected chi connectivity index (χ2v) is 5.70. The third-order valence-corrected chi connectivity index (χ3v) is 4.05. The first-order valence-corrected chi connectivity index (χ1v) is 6.88. The molecule has 1 heterocycles. The zero-order valence-corrected chi connectivity index (χ0v) is 11.8. The van der Waals surface area contributed by atoms with Crippen LogP contribution in [0.3, 0.4) is 0 Å². The van der Waals surface area contributed by atoms with E-state index in [4.69, 9.17) is 22.7 Å². The van der Waals surface area contributed by atoms with E-state index in [1.54, 1.807) is 6.07 Å². The Morgan fingerprint density at radius 2 is 2.32 bits per heavy atom. The minimum Gasteiger partial charge on any atom is -0.393 e. The number of halogens is 1. The number of rotatable bonds is 3. The van der Waals surface area contributed by atoms with E-state index >= 15 is 0 Å². The molecular weight excluding hydrogens is 262 g/mol. The van der Waals surface area contributed by atoms with Crippen molar-refractivity contribution in [3.63, 3.8) is 0 Å². The molecule has 0 amide bonds. The number of amidine groups is 1. The van der Waals surface area contributed by atoms with Crippen LogP contribution in [0.1, 0.15) is 24.5 Å². The van der Waals surface area contributed by atoms with Gasteiger partial charge in [0.25, 0.3) is 0 Å². The maximum atomic E-state index is 9.72. The van der Waals surface area contributed by atoms with Gasteiger partial charge in [-0.25, -0.2) is 0 Å². The third kappa shape index (κ3) is 3.47. The fraction of sp³-hybridized carbons (Fsp3) is 0.500. The van der Waals surface area contributed by atoms with Crippen LogP contribution in [0.4, 0.5) is 0 Å². The Hall–Kier alpha value is -1.10. The number of nitrogens with one attached hydrogen (secondary N) is 1. The summed E-state index contributed by atoms with van der Waals surface area (Å²) in [6.07, 6.45) is 0.622. The summed E-state index contributed by atoms with van der Waals surface area (Å²) in [7, 11) is 0. The normalized spacial score (nSPS) is 24.4. The fourth-order valence-electron chi connectivity index (χ4n) is 2.45. The monoisotopic (exact) mass is 281 g/mol. The number of benzene rings is 1. The fourth-order valence-corrected chi connectivity index (χ4v) is 2.69. The molecular formula is C14H20ClN3O. The predicted molar refractivity (Wildman–Crippen MR) is 77.5 cm³/mol. The van der Waals surface area contributed by atoms with Crippen molar-refractivity contribution in [1.29, 1.82) is 5.41 Å². The number of nitrogen functional groups attached to an aromatic ring is 1. The third-order valence-electron chi connectivity index (χ3n) is 3.70. The van der Waals surface area contributed by atoms with E-state index < -0.39 is 0 Å². The highest BCUT2D eigenvalue weighted by Crippen LogP contribution is 2.23. The summed E-state index contributed by atoms with van der Waals surface area (Å²) in [6.45, 7) is 4.60. The Balaban J connectivity index is 2.05. The average molecular weight is 282 g/mol. The summed E-state index contributed by atoms with van der Waals surface area (Å²) in [5.74, 6) is 0.326. The molecule has 4 N–H and O–H groups in total. The van der Waals surface area contributed by atoms with Gasteiger partial charge in [-0.2, -0.15) is 0 Å². The zero-order chi connectivity index (χ0) is 14.0. The van der Waals surface area contributed by atoms with Crippen molar-refractivity contribution in [3.8, 4) is 0 Å². The van der Waals surface area contributed by atoms with Crippen molar-refractivity contribution in [2.75, 3.05) is 13.1 Å². The van der Waals surface area contributed by atoms with Gasteiger partial charge in [-0.3, -0.25) is 10.3 Å². The summed E-state index contributed by atoms with van der Waals surface area (Å²) in [4.78, 5) is 2.30. The van der Waals surface area contributed by atoms with E-state index in [9.17, 15) is 5.11 Å². The number of hydrogen-bond donors (Lipinski definition) is 3. The molecule has 1 aromatic rings. The van der Waals surface area contributed by atoms with Crippen LogP contribution >= 0.6 is 11.6 Å². The Morgan fingerprint density at radius 1 is 1.58 bits per heavy atom. The molecule has 1 aliphatic rings. The zero-order valence-electron chi connectivity index (χ0n) is 11.1. The van der Waals surface area contributed by atoms with Crippen LogP contribution in [0.2, 0.25) is 5.02 Å².